The van der Waals surface area contributed by atoms with Gasteiger partial charge in [-0.1, -0.05) is 0 Å². The van der Waals surface area contributed by atoms with Crippen molar-refractivity contribution in [1.82, 2.24) is 8.61 Å². The van der Waals surface area contributed by atoms with Gasteiger partial charge >= 0.3 is 0 Å². The summed E-state index contributed by atoms with van der Waals surface area (Å²) in [6.07, 6.45) is 1.05. The van der Waals surface area contributed by atoms with Gasteiger partial charge in [0.05, 0.1) is 18.1 Å². The van der Waals surface area contributed by atoms with Gasteiger partial charge in [0.25, 0.3) is 10.2 Å². The molecule has 0 saturated carbocycles. The lowest BCUT2D eigenvalue weighted by atomic mass is 9.95. The van der Waals surface area contributed by atoms with Gasteiger partial charge in [0, 0.05) is 25.7 Å². The number of nitrogens with zero attached hydrogens (tertiary/aromatic N) is 2. The highest BCUT2D eigenvalue weighted by Gasteiger charge is 2.41. The van der Waals surface area contributed by atoms with E-state index in [4.69, 9.17) is 10.5 Å². The minimum Gasteiger partial charge on any atom is -0.373 e. The van der Waals surface area contributed by atoms with Gasteiger partial charge in [-0.25, -0.2) is 0 Å². The van der Waals surface area contributed by atoms with Crippen LogP contribution in [0.4, 0.5) is 0 Å². The van der Waals surface area contributed by atoms with E-state index < -0.39 is 22.0 Å². The summed E-state index contributed by atoms with van der Waals surface area (Å²) >= 11 is 0. The van der Waals surface area contributed by atoms with Gasteiger partial charge in [-0.05, 0) is 33.6 Å². The highest BCUT2D eigenvalue weighted by molar-refractivity contribution is 7.86. The van der Waals surface area contributed by atoms with Crippen LogP contribution in [-0.2, 0) is 19.7 Å². The van der Waals surface area contributed by atoms with Crippen LogP contribution in [0.3, 0.4) is 0 Å². The van der Waals surface area contributed by atoms with Crippen molar-refractivity contribution < 1.29 is 17.9 Å². The molecule has 1 amide bonds. The largest absolute Gasteiger partial charge is 0.373 e. The summed E-state index contributed by atoms with van der Waals surface area (Å²) < 4.78 is 34.2. The van der Waals surface area contributed by atoms with Gasteiger partial charge in [0.15, 0.2) is 0 Å². The van der Waals surface area contributed by atoms with E-state index in [0.29, 0.717) is 25.9 Å². The lowest BCUT2D eigenvalue weighted by Crippen LogP contribution is -2.57. The maximum absolute atomic E-state index is 12.9. The SMILES string of the molecule is C[C@@H]1CN(S(=O)(=O)N2C[C@H](C(N)=O)CC[C@H]2C)C[C@H](C)O1. The maximum atomic E-state index is 12.9. The van der Waals surface area contributed by atoms with Gasteiger partial charge in [0.2, 0.25) is 5.91 Å². The number of nitrogens with two attached hydrogens (primary N) is 1. The van der Waals surface area contributed by atoms with Crippen LogP contribution >= 0.6 is 0 Å². The monoisotopic (exact) mass is 319 g/mol. The Morgan fingerprint density at radius 2 is 1.67 bits per heavy atom. The maximum Gasteiger partial charge on any atom is 0.282 e. The molecule has 122 valence electrons. The molecular formula is C13H25N3O4S. The van der Waals surface area contributed by atoms with E-state index in [1.807, 2.05) is 20.8 Å². The predicted octanol–water partition coefficient (Wildman–Crippen LogP) is -0.0738. The van der Waals surface area contributed by atoms with Crippen molar-refractivity contribution in [3.63, 3.8) is 0 Å². The average molecular weight is 319 g/mol. The quantitative estimate of drug-likeness (QED) is 0.788. The summed E-state index contributed by atoms with van der Waals surface area (Å²) in [5.41, 5.74) is 5.35. The fourth-order valence-electron chi connectivity index (χ4n) is 3.10. The van der Waals surface area contributed by atoms with Crippen LogP contribution in [0.1, 0.15) is 33.6 Å². The molecule has 2 aliphatic heterocycles. The first-order valence-corrected chi connectivity index (χ1v) is 8.83. The second-order valence-electron chi connectivity index (χ2n) is 6.18. The summed E-state index contributed by atoms with van der Waals surface area (Å²) in [5, 5.41) is 0. The summed E-state index contributed by atoms with van der Waals surface area (Å²) in [6, 6.07) is -0.112. The third-order valence-corrected chi connectivity index (χ3v) is 6.29. The van der Waals surface area contributed by atoms with Crippen LogP contribution in [0.5, 0.6) is 0 Å². The van der Waals surface area contributed by atoms with Gasteiger partial charge in [-0.2, -0.15) is 17.0 Å². The first-order chi connectivity index (χ1) is 9.71. The number of ether oxygens (including phenoxy) is 1. The third kappa shape index (κ3) is 3.56. The van der Waals surface area contributed by atoms with Crippen LogP contribution < -0.4 is 5.73 Å². The van der Waals surface area contributed by atoms with Crippen LogP contribution in [0, 0.1) is 5.92 Å². The minimum absolute atomic E-state index is 0.112. The minimum atomic E-state index is -3.59. The molecule has 0 aromatic carbocycles. The number of piperidine rings is 1. The number of carbonyl (C=O) groups excluding carboxylic acids is 1. The van der Waals surface area contributed by atoms with Crippen LogP contribution in [-0.4, -0.2) is 60.8 Å². The number of primary amides is 1. The zero-order chi connectivity index (χ0) is 15.8. The standard InChI is InChI=1S/C13H25N3O4S/c1-9-4-5-12(13(14)17)8-16(9)21(18,19)15-6-10(2)20-11(3)7-15/h9-12H,4-8H2,1-3H3,(H2,14,17)/t9-,10-,11+,12-/m1/s1. The lowest BCUT2D eigenvalue weighted by Gasteiger charge is -2.41. The molecule has 0 bridgehead atoms. The molecule has 2 heterocycles. The zero-order valence-corrected chi connectivity index (χ0v) is 13.7. The van der Waals surface area contributed by atoms with Gasteiger partial charge in [0.1, 0.15) is 0 Å². The van der Waals surface area contributed by atoms with E-state index in [1.165, 1.54) is 8.61 Å². The Hall–Kier alpha value is -0.700. The molecule has 2 rings (SSSR count). The summed E-state index contributed by atoms with van der Waals surface area (Å²) in [4.78, 5) is 11.4. The van der Waals surface area contributed by atoms with Crippen molar-refractivity contribution in [3.05, 3.63) is 0 Å². The van der Waals surface area contributed by atoms with E-state index in [1.54, 1.807) is 0 Å². The zero-order valence-electron chi connectivity index (χ0n) is 12.9. The predicted molar refractivity (Wildman–Crippen MR) is 78.6 cm³/mol. The van der Waals surface area contributed by atoms with Gasteiger partial charge < -0.3 is 10.5 Å². The fourth-order valence-corrected chi connectivity index (χ4v) is 5.12. The van der Waals surface area contributed by atoms with Crippen molar-refractivity contribution in [3.8, 4) is 0 Å². The number of hydrogen-bond acceptors (Lipinski definition) is 4. The molecule has 2 N–H and O–H groups in total. The molecule has 2 aliphatic rings. The molecule has 4 atom stereocenters. The van der Waals surface area contributed by atoms with Gasteiger partial charge in [-0.3, -0.25) is 4.79 Å². The third-order valence-electron chi connectivity index (χ3n) is 4.24. The van der Waals surface area contributed by atoms with Crippen molar-refractivity contribution >= 4 is 16.1 Å². The normalized spacial score (nSPS) is 36.5. The van der Waals surface area contributed by atoms with Crippen LogP contribution in [0.15, 0.2) is 0 Å². The second-order valence-corrected chi connectivity index (χ2v) is 8.06. The first kappa shape index (κ1) is 16.7. The van der Waals surface area contributed by atoms with Crippen molar-refractivity contribution in [2.24, 2.45) is 11.7 Å². The highest BCUT2D eigenvalue weighted by atomic mass is 32.2. The molecule has 0 unspecified atom stereocenters. The summed E-state index contributed by atoms with van der Waals surface area (Å²) in [7, 11) is -3.59. The Morgan fingerprint density at radius 3 is 2.19 bits per heavy atom. The number of amides is 1. The molecule has 0 aromatic heterocycles. The molecule has 0 aromatic rings. The molecule has 0 spiro atoms. The molecule has 7 nitrogen and oxygen atoms in total. The summed E-state index contributed by atoms with van der Waals surface area (Å²) in [6.45, 7) is 6.48. The number of carbonyl (C=O) groups is 1. The highest BCUT2D eigenvalue weighted by Crippen LogP contribution is 2.27. The first-order valence-electron chi connectivity index (χ1n) is 7.43. The molecule has 2 saturated heterocycles. The molecular weight excluding hydrogens is 294 g/mol. The molecule has 2 fully saturated rings. The number of hydrogen-bond donors (Lipinski definition) is 1. The summed E-state index contributed by atoms with van der Waals surface area (Å²) in [5.74, 6) is -0.822. The molecule has 0 aliphatic carbocycles. The van der Waals surface area contributed by atoms with E-state index in [-0.39, 0.29) is 24.8 Å². The Morgan fingerprint density at radius 1 is 1.10 bits per heavy atom. The fraction of sp³-hybridized carbons (Fsp3) is 0.923. The van der Waals surface area contributed by atoms with Crippen LogP contribution in [0.2, 0.25) is 0 Å². The Balaban J connectivity index is 2.18. The molecule has 8 heteroatoms. The van der Waals surface area contributed by atoms with E-state index in [9.17, 15) is 13.2 Å². The average Bonchev–Trinajstić information content (AvgIpc) is 2.37. The Kier molecular flexibility index (Phi) is 4.92. The molecule has 21 heavy (non-hydrogen) atoms. The smallest absolute Gasteiger partial charge is 0.282 e. The van der Waals surface area contributed by atoms with Crippen molar-refractivity contribution in [2.75, 3.05) is 19.6 Å². The second kappa shape index (κ2) is 6.20. The number of morpholine rings is 1. The lowest BCUT2D eigenvalue weighted by molar-refractivity contribution is -0.123. The topological polar surface area (TPSA) is 92.9 Å². The van der Waals surface area contributed by atoms with Crippen LogP contribution in [0.25, 0.3) is 0 Å². The van der Waals surface area contributed by atoms with Crippen molar-refractivity contribution in [1.29, 1.82) is 0 Å². The van der Waals surface area contributed by atoms with E-state index >= 15 is 0 Å². The van der Waals surface area contributed by atoms with Crippen molar-refractivity contribution in [2.45, 2.75) is 51.9 Å². The van der Waals surface area contributed by atoms with E-state index in [2.05, 4.69) is 0 Å². The molecule has 0 radical (unpaired) electrons. The Labute approximate surface area is 126 Å². The number of rotatable bonds is 3. The van der Waals surface area contributed by atoms with E-state index in [0.717, 1.165) is 0 Å². The Bertz CT molecular complexity index is 486. The van der Waals surface area contributed by atoms with Gasteiger partial charge in [-0.15, -0.1) is 0 Å².